The number of amides is 1. The highest BCUT2D eigenvalue weighted by Crippen LogP contribution is 2.24. The molecule has 0 aliphatic heterocycles. The number of hydrogen-bond donors (Lipinski definition) is 2. The molecule has 0 saturated heterocycles. The van der Waals surface area contributed by atoms with E-state index in [0.29, 0.717) is 18.8 Å². The number of carbonyl (C=O) groups is 1. The molecule has 0 atom stereocenters. The molecule has 0 fully saturated rings. The molecule has 0 unspecified atom stereocenters. The zero-order valence-electron chi connectivity index (χ0n) is 15.5. The second-order valence-electron chi connectivity index (χ2n) is 5.79. The second kappa shape index (κ2) is 9.31. The summed E-state index contributed by atoms with van der Waals surface area (Å²) in [5.74, 6) is 1.50. The summed E-state index contributed by atoms with van der Waals surface area (Å²) in [6, 6.07) is 5.26. The van der Waals surface area contributed by atoms with E-state index in [1.165, 1.54) is 0 Å². The van der Waals surface area contributed by atoms with Crippen LogP contribution in [0.4, 0.5) is 5.82 Å². The molecule has 0 bridgehead atoms. The molecule has 0 aliphatic carbocycles. The number of nitrogens with one attached hydrogen (secondary N) is 2. The van der Waals surface area contributed by atoms with Crippen molar-refractivity contribution in [3.63, 3.8) is 0 Å². The Bertz CT molecular complexity index is 897. The fourth-order valence-corrected chi connectivity index (χ4v) is 3.10. The van der Waals surface area contributed by atoms with Gasteiger partial charge in [-0.25, -0.2) is 14.6 Å². The molecule has 2 N–H and O–H groups in total. The van der Waals surface area contributed by atoms with E-state index < -0.39 is 0 Å². The van der Waals surface area contributed by atoms with Gasteiger partial charge in [0.2, 0.25) is 0 Å². The molecule has 1 amide bonds. The Balaban J connectivity index is 1.74. The molecule has 0 spiro atoms. The van der Waals surface area contributed by atoms with Gasteiger partial charge >= 0.3 is 0 Å². The lowest BCUT2D eigenvalue weighted by Crippen LogP contribution is -2.28. The zero-order valence-corrected chi connectivity index (χ0v) is 16.3. The fraction of sp³-hybridized carbons (Fsp3) is 0.389. The van der Waals surface area contributed by atoms with Crippen LogP contribution in [-0.4, -0.2) is 49.5 Å². The van der Waals surface area contributed by atoms with Crippen molar-refractivity contribution in [1.29, 1.82) is 0 Å². The lowest BCUT2D eigenvalue weighted by molar-refractivity contribution is 0.0947. The van der Waals surface area contributed by atoms with Crippen molar-refractivity contribution in [2.24, 2.45) is 0 Å². The Morgan fingerprint density at radius 3 is 2.85 bits per heavy atom. The van der Waals surface area contributed by atoms with Crippen LogP contribution in [0.15, 0.2) is 35.7 Å². The lowest BCUT2D eigenvalue weighted by Gasteiger charge is -2.09. The maximum absolute atomic E-state index is 12.1. The molecule has 27 heavy (non-hydrogen) atoms. The molecular formula is C18H23N7OS. The molecule has 0 saturated carbocycles. The maximum atomic E-state index is 12.1. The molecule has 0 aromatic carbocycles. The first-order valence-electron chi connectivity index (χ1n) is 9.02. The molecule has 0 radical (unpaired) electrons. The topological polar surface area (TPSA) is 97.6 Å². The van der Waals surface area contributed by atoms with E-state index in [0.717, 1.165) is 40.7 Å². The molecule has 3 aromatic rings. The Labute approximate surface area is 162 Å². The highest BCUT2D eigenvalue weighted by molar-refractivity contribution is 7.99. The number of aromatic nitrogens is 5. The SMILES string of the molecule is CCCNc1nc(SCC)nc2c1cnn2CCNC(=O)c1ccccn1. The highest BCUT2D eigenvalue weighted by Gasteiger charge is 2.13. The Morgan fingerprint density at radius 1 is 1.22 bits per heavy atom. The minimum atomic E-state index is -0.200. The quantitative estimate of drug-likeness (QED) is 0.431. The largest absolute Gasteiger partial charge is 0.369 e. The predicted octanol–water partition coefficient (Wildman–Crippen LogP) is 2.59. The molecule has 3 aromatic heterocycles. The van der Waals surface area contributed by atoms with Crippen LogP contribution in [0, 0.1) is 0 Å². The first-order valence-corrected chi connectivity index (χ1v) is 10.0. The Hall–Kier alpha value is -2.68. The van der Waals surface area contributed by atoms with Crippen molar-refractivity contribution in [3.05, 3.63) is 36.3 Å². The number of rotatable bonds is 9. The highest BCUT2D eigenvalue weighted by atomic mass is 32.2. The molecular weight excluding hydrogens is 362 g/mol. The van der Waals surface area contributed by atoms with Gasteiger partial charge < -0.3 is 10.6 Å². The van der Waals surface area contributed by atoms with Crippen LogP contribution in [-0.2, 0) is 6.54 Å². The predicted molar refractivity (Wildman–Crippen MR) is 107 cm³/mol. The van der Waals surface area contributed by atoms with Gasteiger partial charge in [-0.2, -0.15) is 5.10 Å². The van der Waals surface area contributed by atoms with Crippen LogP contribution in [0.5, 0.6) is 0 Å². The van der Waals surface area contributed by atoms with Crippen molar-refractivity contribution in [1.82, 2.24) is 30.0 Å². The van der Waals surface area contributed by atoms with E-state index in [1.807, 2.05) is 0 Å². The summed E-state index contributed by atoms with van der Waals surface area (Å²) in [4.78, 5) is 25.4. The number of nitrogens with zero attached hydrogens (tertiary/aromatic N) is 5. The number of pyridine rings is 1. The average molecular weight is 385 g/mol. The molecule has 9 heteroatoms. The molecule has 3 rings (SSSR count). The summed E-state index contributed by atoms with van der Waals surface area (Å²) < 4.78 is 1.80. The number of anilines is 1. The minimum absolute atomic E-state index is 0.200. The second-order valence-corrected chi connectivity index (χ2v) is 7.02. The molecule has 0 aliphatic rings. The van der Waals surface area contributed by atoms with Gasteiger partial charge in [0.05, 0.1) is 18.1 Å². The Kier molecular flexibility index (Phi) is 6.59. The Morgan fingerprint density at radius 2 is 2.11 bits per heavy atom. The van der Waals surface area contributed by atoms with Crippen LogP contribution >= 0.6 is 11.8 Å². The summed E-state index contributed by atoms with van der Waals surface area (Å²) in [5.41, 5.74) is 1.17. The third-order valence-electron chi connectivity index (χ3n) is 3.80. The normalized spacial score (nSPS) is 10.9. The van der Waals surface area contributed by atoms with E-state index in [1.54, 1.807) is 47.0 Å². The third-order valence-corrected chi connectivity index (χ3v) is 4.53. The smallest absolute Gasteiger partial charge is 0.269 e. The average Bonchev–Trinajstić information content (AvgIpc) is 3.10. The molecule has 3 heterocycles. The van der Waals surface area contributed by atoms with E-state index in [9.17, 15) is 4.79 Å². The number of thioether (sulfide) groups is 1. The van der Waals surface area contributed by atoms with E-state index >= 15 is 0 Å². The third kappa shape index (κ3) is 4.73. The lowest BCUT2D eigenvalue weighted by atomic mass is 10.3. The summed E-state index contributed by atoms with van der Waals surface area (Å²) in [6.45, 7) is 5.98. The zero-order chi connectivity index (χ0) is 19.1. The van der Waals surface area contributed by atoms with Crippen LogP contribution in [0.2, 0.25) is 0 Å². The van der Waals surface area contributed by atoms with Crippen LogP contribution in [0.3, 0.4) is 0 Å². The van der Waals surface area contributed by atoms with Gasteiger partial charge in [-0.15, -0.1) is 0 Å². The number of fused-ring (bicyclic) bond motifs is 1. The van der Waals surface area contributed by atoms with Crippen molar-refractivity contribution in [3.8, 4) is 0 Å². The van der Waals surface area contributed by atoms with E-state index in [2.05, 4.69) is 44.5 Å². The van der Waals surface area contributed by atoms with Crippen molar-refractivity contribution < 1.29 is 4.79 Å². The van der Waals surface area contributed by atoms with E-state index in [4.69, 9.17) is 0 Å². The fourth-order valence-electron chi connectivity index (χ4n) is 2.53. The number of carbonyl (C=O) groups excluding carboxylic acids is 1. The van der Waals surface area contributed by atoms with Gasteiger partial charge in [0, 0.05) is 19.3 Å². The van der Waals surface area contributed by atoms with Gasteiger partial charge in [0.1, 0.15) is 11.5 Å². The number of hydrogen-bond acceptors (Lipinski definition) is 7. The summed E-state index contributed by atoms with van der Waals surface area (Å²) in [6.07, 6.45) is 4.38. The first-order chi connectivity index (χ1) is 13.2. The summed E-state index contributed by atoms with van der Waals surface area (Å²) in [5, 5.41) is 12.3. The molecule has 142 valence electrons. The van der Waals surface area contributed by atoms with Gasteiger partial charge in [0.15, 0.2) is 10.8 Å². The van der Waals surface area contributed by atoms with Crippen LogP contribution in [0.25, 0.3) is 11.0 Å². The van der Waals surface area contributed by atoms with Crippen LogP contribution < -0.4 is 10.6 Å². The van der Waals surface area contributed by atoms with Gasteiger partial charge in [0.25, 0.3) is 5.91 Å². The standard InChI is InChI=1S/C18H23N7OS/c1-3-8-20-15-13-12-22-25(16(13)24-18(23-15)27-4-2)11-10-21-17(26)14-7-5-6-9-19-14/h5-7,9,12H,3-4,8,10-11H2,1-2H3,(H,21,26)(H,20,23,24). The van der Waals surface area contributed by atoms with Crippen molar-refractivity contribution in [2.75, 3.05) is 24.2 Å². The van der Waals surface area contributed by atoms with E-state index in [-0.39, 0.29) is 5.91 Å². The first kappa shape index (κ1) is 19.1. The van der Waals surface area contributed by atoms with Crippen molar-refractivity contribution >= 4 is 34.5 Å². The maximum Gasteiger partial charge on any atom is 0.269 e. The monoisotopic (exact) mass is 385 g/mol. The van der Waals surface area contributed by atoms with Gasteiger partial charge in [-0.05, 0) is 24.3 Å². The van der Waals surface area contributed by atoms with Crippen molar-refractivity contribution in [2.45, 2.75) is 32.0 Å². The molecule has 8 nitrogen and oxygen atoms in total. The summed E-state index contributed by atoms with van der Waals surface area (Å²) in [7, 11) is 0. The van der Waals surface area contributed by atoms with Gasteiger partial charge in [-0.1, -0.05) is 31.7 Å². The minimum Gasteiger partial charge on any atom is -0.369 e. The van der Waals surface area contributed by atoms with Crippen LogP contribution in [0.1, 0.15) is 30.8 Å². The van der Waals surface area contributed by atoms with Gasteiger partial charge in [-0.3, -0.25) is 9.78 Å². The summed E-state index contributed by atoms with van der Waals surface area (Å²) >= 11 is 1.59.